The number of anilines is 1. The summed E-state index contributed by atoms with van der Waals surface area (Å²) in [6.07, 6.45) is 1.13. The number of ether oxygens (including phenoxy) is 2. The number of nitrogen functional groups attached to an aromatic ring is 1. The number of hydrogen-bond acceptors (Lipinski definition) is 8. The van der Waals surface area contributed by atoms with E-state index in [1.807, 2.05) is 25.1 Å². The molecule has 0 spiro atoms. The first-order chi connectivity index (χ1) is 14.6. The molecule has 2 aromatic heterocycles. The van der Waals surface area contributed by atoms with E-state index in [2.05, 4.69) is 25.6 Å². The Labute approximate surface area is 173 Å². The molecular weight excluding hydrogens is 386 g/mol. The molecular formula is C20H27N7O3. The number of aromatic nitrogens is 4. The zero-order valence-corrected chi connectivity index (χ0v) is 17.2. The lowest BCUT2D eigenvalue weighted by Crippen LogP contribution is -2.30. The zero-order chi connectivity index (χ0) is 21.1. The highest BCUT2D eigenvalue weighted by Crippen LogP contribution is 2.24. The quantitative estimate of drug-likeness (QED) is 0.422. The van der Waals surface area contributed by atoms with E-state index in [1.54, 1.807) is 7.11 Å². The van der Waals surface area contributed by atoms with Gasteiger partial charge >= 0.3 is 11.7 Å². The molecule has 1 aliphatic heterocycles. The number of H-pyrrole nitrogens is 1. The van der Waals surface area contributed by atoms with Gasteiger partial charge in [-0.2, -0.15) is 9.97 Å². The van der Waals surface area contributed by atoms with E-state index >= 15 is 0 Å². The third-order valence-electron chi connectivity index (χ3n) is 5.24. The summed E-state index contributed by atoms with van der Waals surface area (Å²) < 4.78 is 12.5. The molecule has 5 N–H and O–H groups in total. The second-order valence-electron chi connectivity index (χ2n) is 7.26. The lowest BCUT2D eigenvalue weighted by atomic mass is 10.1. The second kappa shape index (κ2) is 8.72. The maximum Gasteiger partial charge on any atom is 0.328 e. The molecule has 3 heterocycles. The van der Waals surface area contributed by atoms with E-state index < -0.39 is 0 Å². The fraction of sp³-hybridized carbons (Fsp3) is 0.450. The van der Waals surface area contributed by atoms with Crippen LogP contribution in [0, 0.1) is 0 Å². The van der Waals surface area contributed by atoms with Gasteiger partial charge in [0.15, 0.2) is 11.5 Å². The summed E-state index contributed by atoms with van der Waals surface area (Å²) in [7, 11) is 1.63. The molecule has 4 rings (SSSR count). The van der Waals surface area contributed by atoms with Gasteiger partial charge in [0, 0.05) is 24.7 Å². The molecule has 160 valence electrons. The van der Waals surface area contributed by atoms with Gasteiger partial charge in [-0.25, -0.2) is 4.79 Å². The average Bonchev–Trinajstić information content (AvgIpc) is 3.36. The zero-order valence-electron chi connectivity index (χ0n) is 17.2. The fourth-order valence-electron chi connectivity index (χ4n) is 3.66. The highest BCUT2D eigenvalue weighted by Gasteiger charge is 2.17. The van der Waals surface area contributed by atoms with Gasteiger partial charge in [-0.3, -0.25) is 4.57 Å². The number of aromatic amines is 1. The van der Waals surface area contributed by atoms with Crippen LogP contribution < -0.4 is 31.5 Å². The van der Waals surface area contributed by atoms with Crippen molar-refractivity contribution in [3.8, 4) is 11.8 Å². The van der Waals surface area contributed by atoms with Gasteiger partial charge in [-0.1, -0.05) is 12.1 Å². The van der Waals surface area contributed by atoms with Crippen LogP contribution in [-0.2, 0) is 13.1 Å². The van der Waals surface area contributed by atoms with Crippen LogP contribution in [0.15, 0.2) is 23.0 Å². The Hall–Kier alpha value is -3.11. The summed E-state index contributed by atoms with van der Waals surface area (Å²) in [6.45, 7) is 5.33. The molecule has 1 aromatic carbocycles. The second-order valence-corrected chi connectivity index (χ2v) is 7.26. The van der Waals surface area contributed by atoms with Crippen molar-refractivity contribution in [1.29, 1.82) is 0 Å². The molecule has 1 saturated heterocycles. The molecule has 0 saturated carbocycles. The van der Waals surface area contributed by atoms with Crippen LogP contribution in [0.25, 0.3) is 11.2 Å². The van der Waals surface area contributed by atoms with Crippen molar-refractivity contribution < 1.29 is 9.47 Å². The number of fused-ring (bicyclic) bond motifs is 1. The molecule has 1 aliphatic rings. The summed E-state index contributed by atoms with van der Waals surface area (Å²) in [5, 5.41) is 6.90. The van der Waals surface area contributed by atoms with Crippen LogP contribution in [-0.4, -0.2) is 52.4 Å². The van der Waals surface area contributed by atoms with Crippen molar-refractivity contribution >= 4 is 17.0 Å². The number of rotatable bonds is 8. The van der Waals surface area contributed by atoms with Crippen LogP contribution in [0.1, 0.15) is 24.5 Å². The van der Waals surface area contributed by atoms with Crippen LogP contribution >= 0.6 is 0 Å². The SMILES string of the molecule is CCOc1nc(N)c2[nH]c(=O)n(Cc3ccc(CN[C@H]4CCNC4)cc3OC)c2n1. The Morgan fingerprint density at radius 1 is 1.37 bits per heavy atom. The van der Waals surface area contributed by atoms with E-state index in [1.165, 1.54) is 4.57 Å². The van der Waals surface area contributed by atoms with Crippen LogP contribution in [0.3, 0.4) is 0 Å². The van der Waals surface area contributed by atoms with Crippen molar-refractivity contribution in [2.45, 2.75) is 32.5 Å². The normalized spacial score (nSPS) is 16.3. The van der Waals surface area contributed by atoms with Crippen molar-refractivity contribution in [2.75, 3.05) is 32.5 Å². The molecule has 1 fully saturated rings. The molecule has 10 heteroatoms. The number of nitrogens with two attached hydrogens (primary N) is 1. The standard InChI is InChI=1S/C20H27N7O3/c1-3-30-19-25-17(21)16-18(26-19)27(20(28)24-16)11-13-5-4-12(8-15(13)29-2)9-23-14-6-7-22-10-14/h4-5,8,14,22-23H,3,6-7,9-11H2,1-2H3,(H,24,28)(H2,21,25,26)/t14-/m0/s1. The van der Waals surface area contributed by atoms with Gasteiger partial charge in [-0.15, -0.1) is 0 Å². The molecule has 0 bridgehead atoms. The number of hydrogen-bond donors (Lipinski definition) is 4. The molecule has 3 aromatic rings. The van der Waals surface area contributed by atoms with E-state index in [4.69, 9.17) is 15.2 Å². The summed E-state index contributed by atoms with van der Waals surface area (Å²) in [4.78, 5) is 23.7. The maximum atomic E-state index is 12.6. The molecule has 0 amide bonds. The summed E-state index contributed by atoms with van der Waals surface area (Å²) in [6, 6.07) is 6.65. The number of imidazole rings is 1. The van der Waals surface area contributed by atoms with Crippen molar-refractivity contribution in [3.63, 3.8) is 0 Å². The van der Waals surface area contributed by atoms with E-state index in [0.717, 1.165) is 37.2 Å². The lowest BCUT2D eigenvalue weighted by molar-refractivity contribution is 0.314. The Morgan fingerprint density at radius 2 is 2.23 bits per heavy atom. The van der Waals surface area contributed by atoms with Crippen molar-refractivity contribution in [1.82, 2.24) is 30.2 Å². The van der Waals surface area contributed by atoms with Crippen LogP contribution in [0.4, 0.5) is 5.82 Å². The Balaban J connectivity index is 1.60. The van der Waals surface area contributed by atoms with Gasteiger partial charge in [0.05, 0.1) is 20.3 Å². The number of nitrogens with zero attached hydrogens (tertiary/aromatic N) is 3. The smallest absolute Gasteiger partial charge is 0.328 e. The minimum Gasteiger partial charge on any atom is -0.496 e. The Bertz CT molecular complexity index is 1090. The monoisotopic (exact) mass is 413 g/mol. The van der Waals surface area contributed by atoms with E-state index in [9.17, 15) is 4.79 Å². The van der Waals surface area contributed by atoms with Gasteiger partial charge in [0.1, 0.15) is 11.3 Å². The molecule has 10 nitrogen and oxygen atoms in total. The number of methoxy groups -OCH3 is 1. The van der Waals surface area contributed by atoms with Gasteiger partial charge < -0.3 is 30.8 Å². The first-order valence-electron chi connectivity index (χ1n) is 10.1. The Morgan fingerprint density at radius 3 is 2.97 bits per heavy atom. The molecule has 0 radical (unpaired) electrons. The van der Waals surface area contributed by atoms with Gasteiger partial charge in [0.25, 0.3) is 0 Å². The molecule has 0 aliphatic carbocycles. The van der Waals surface area contributed by atoms with Crippen molar-refractivity contribution in [3.05, 3.63) is 39.8 Å². The number of nitrogens with one attached hydrogen (secondary N) is 3. The molecule has 1 atom stereocenters. The summed E-state index contributed by atoms with van der Waals surface area (Å²) >= 11 is 0. The predicted octanol–water partition coefficient (Wildman–Crippen LogP) is 0.609. The summed E-state index contributed by atoms with van der Waals surface area (Å²) in [5.41, 5.74) is 8.44. The third-order valence-corrected chi connectivity index (χ3v) is 5.24. The third kappa shape index (κ3) is 4.10. The first kappa shape index (κ1) is 20.2. The minimum absolute atomic E-state index is 0.144. The lowest BCUT2D eigenvalue weighted by Gasteiger charge is -2.14. The first-order valence-corrected chi connectivity index (χ1v) is 10.1. The Kier molecular flexibility index (Phi) is 5.86. The van der Waals surface area contributed by atoms with Gasteiger partial charge in [-0.05, 0) is 31.5 Å². The van der Waals surface area contributed by atoms with Crippen LogP contribution in [0.2, 0.25) is 0 Å². The van der Waals surface area contributed by atoms with Crippen LogP contribution in [0.5, 0.6) is 11.8 Å². The van der Waals surface area contributed by atoms with E-state index in [-0.39, 0.29) is 24.1 Å². The topological polar surface area (TPSA) is 132 Å². The number of benzene rings is 1. The highest BCUT2D eigenvalue weighted by atomic mass is 16.5. The highest BCUT2D eigenvalue weighted by molar-refractivity contribution is 5.82. The fourth-order valence-corrected chi connectivity index (χ4v) is 3.66. The largest absolute Gasteiger partial charge is 0.496 e. The summed E-state index contributed by atoms with van der Waals surface area (Å²) in [5.74, 6) is 0.890. The predicted molar refractivity (Wildman–Crippen MR) is 114 cm³/mol. The maximum absolute atomic E-state index is 12.6. The average molecular weight is 413 g/mol. The molecule has 30 heavy (non-hydrogen) atoms. The minimum atomic E-state index is -0.318. The van der Waals surface area contributed by atoms with Gasteiger partial charge in [0.2, 0.25) is 0 Å². The molecule has 0 unspecified atom stereocenters. The van der Waals surface area contributed by atoms with E-state index in [0.29, 0.717) is 29.6 Å². The van der Waals surface area contributed by atoms with Crippen molar-refractivity contribution in [2.24, 2.45) is 0 Å².